The van der Waals surface area contributed by atoms with E-state index in [9.17, 15) is 34.6 Å². The van der Waals surface area contributed by atoms with Gasteiger partial charge in [-0.05, 0) is 36.0 Å². The maximum Gasteiger partial charge on any atom is 0.336 e. The second-order valence-corrected chi connectivity index (χ2v) is 8.82. The van der Waals surface area contributed by atoms with Crippen molar-refractivity contribution in [2.75, 3.05) is 0 Å². The molecule has 4 atom stereocenters. The standard InChI is InChI=1S/C25H18N4O8/c30-21(9-4-14-2-1-3-18(10-14)28(33)34)37-20-8-7-19(29(35)36)12-17(20)13-26-27-24(31)22-15-5-6-16(11-15)23(22)25(27)32/h1-10,12-13,15-16,22-23H,11H2/b9-4+,26-13?/t15-,16-,22-,23+/m0/s1. The lowest BCUT2D eigenvalue weighted by molar-refractivity contribution is -0.385. The highest BCUT2D eigenvalue weighted by molar-refractivity contribution is 6.07. The average molecular weight is 502 g/mol. The first kappa shape index (κ1) is 23.7. The van der Waals surface area contributed by atoms with Gasteiger partial charge in [0.15, 0.2) is 0 Å². The van der Waals surface area contributed by atoms with Gasteiger partial charge < -0.3 is 4.74 Å². The molecule has 2 aromatic carbocycles. The van der Waals surface area contributed by atoms with E-state index in [2.05, 4.69) is 5.10 Å². The molecule has 3 aliphatic rings. The van der Waals surface area contributed by atoms with Crippen LogP contribution < -0.4 is 4.74 Å². The molecule has 0 radical (unpaired) electrons. The second kappa shape index (κ2) is 9.22. The first-order valence-electron chi connectivity index (χ1n) is 11.3. The number of hydrogen-bond donors (Lipinski definition) is 0. The van der Waals surface area contributed by atoms with Gasteiger partial charge in [0.05, 0.1) is 27.9 Å². The van der Waals surface area contributed by atoms with Gasteiger partial charge in [-0.3, -0.25) is 29.8 Å². The van der Waals surface area contributed by atoms with E-state index in [1.165, 1.54) is 30.3 Å². The van der Waals surface area contributed by atoms with Crippen molar-refractivity contribution in [2.24, 2.45) is 28.8 Å². The number of benzene rings is 2. The lowest BCUT2D eigenvalue weighted by Gasteiger charge is -2.13. The SMILES string of the molecule is O=C(/C=C/c1cccc([N+](=O)[O-])c1)Oc1ccc([N+](=O)[O-])cc1C=NN1C(=O)[C@@H]2[C@H](C1=O)[C@H]1C=C[C@H]2C1. The van der Waals surface area contributed by atoms with Gasteiger partial charge in [0, 0.05) is 35.9 Å². The first-order valence-corrected chi connectivity index (χ1v) is 11.3. The first-order chi connectivity index (χ1) is 17.7. The van der Waals surface area contributed by atoms with Gasteiger partial charge >= 0.3 is 5.97 Å². The normalized spacial score (nSPS) is 23.8. The third-order valence-electron chi connectivity index (χ3n) is 6.67. The number of carbonyl (C=O) groups is 3. The summed E-state index contributed by atoms with van der Waals surface area (Å²) in [6.07, 6.45) is 8.09. The molecule has 0 aromatic heterocycles. The number of nitro benzene ring substituents is 2. The third kappa shape index (κ3) is 4.40. The highest BCUT2D eigenvalue weighted by Crippen LogP contribution is 2.52. The summed E-state index contributed by atoms with van der Waals surface area (Å²) in [5.74, 6) is -2.72. The molecule has 0 spiro atoms. The molecule has 1 aliphatic heterocycles. The van der Waals surface area contributed by atoms with E-state index in [0.717, 1.165) is 35.9 Å². The number of carbonyl (C=O) groups excluding carboxylic acids is 3. The highest BCUT2D eigenvalue weighted by atomic mass is 16.6. The molecule has 2 amide bonds. The van der Waals surface area contributed by atoms with E-state index >= 15 is 0 Å². The van der Waals surface area contributed by atoms with E-state index in [1.807, 2.05) is 12.2 Å². The Morgan fingerprint density at radius 2 is 1.62 bits per heavy atom. The Bertz CT molecular complexity index is 1420. The average Bonchev–Trinajstić information content (AvgIpc) is 3.56. The van der Waals surface area contributed by atoms with E-state index in [1.54, 1.807) is 6.07 Å². The van der Waals surface area contributed by atoms with Gasteiger partial charge in [0.2, 0.25) is 0 Å². The summed E-state index contributed by atoms with van der Waals surface area (Å²) in [6, 6.07) is 9.03. The predicted molar refractivity (Wildman–Crippen MR) is 128 cm³/mol. The molecule has 2 aromatic rings. The van der Waals surface area contributed by atoms with Crippen molar-refractivity contribution in [2.45, 2.75) is 6.42 Å². The van der Waals surface area contributed by atoms with Crippen LogP contribution in [0, 0.1) is 43.9 Å². The van der Waals surface area contributed by atoms with Crippen molar-refractivity contribution in [1.29, 1.82) is 0 Å². The zero-order chi connectivity index (χ0) is 26.3. The third-order valence-corrected chi connectivity index (χ3v) is 6.67. The molecule has 1 saturated carbocycles. The van der Waals surface area contributed by atoms with Crippen LogP contribution in [0.15, 0.2) is 65.8 Å². The van der Waals surface area contributed by atoms with Gasteiger partial charge in [-0.1, -0.05) is 24.3 Å². The van der Waals surface area contributed by atoms with Crippen LogP contribution in [-0.2, 0) is 14.4 Å². The molecule has 5 rings (SSSR count). The quantitative estimate of drug-likeness (QED) is 0.0814. The Morgan fingerprint density at radius 1 is 0.973 bits per heavy atom. The minimum absolute atomic E-state index is 0.00110. The topological polar surface area (TPSA) is 162 Å². The summed E-state index contributed by atoms with van der Waals surface area (Å²) in [7, 11) is 0. The molecular formula is C25H18N4O8. The maximum atomic E-state index is 12.8. The zero-order valence-electron chi connectivity index (χ0n) is 19.0. The van der Waals surface area contributed by atoms with Crippen molar-refractivity contribution < 1.29 is 29.0 Å². The molecule has 1 heterocycles. The largest absolute Gasteiger partial charge is 0.423 e. The molecule has 1 saturated heterocycles. The number of rotatable bonds is 7. The van der Waals surface area contributed by atoms with Crippen LogP contribution in [-0.4, -0.2) is 38.9 Å². The lowest BCUT2D eigenvalue weighted by Crippen LogP contribution is -2.28. The van der Waals surface area contributed by atoms with E-state index < -0.39 is 39.5 Å². The van der Waals surface area contributed by atoms with Crippen LogP contribution in [0.3, 0.4) is 0 Å². The van der Waals surface area contributed by atoms with Gasteiger partial charge in [-0.25, -0.2) is 4.79 Å². The number of hydrogen-bond acceptors (Lipinski definition) is 9. The van der Waals surface area contributed by atoms with Gasteiger partial charge in [0.1, 0.15) is 5.75 Å². The van der Waals surface area contributed by atoms with Gasteiger partial charge in [-0.15, -0.1) is 0 Å². The highest BCUT2D eigenvalue weighted by Gasteiger charge is 2.59. The number of amides is 2. The van der Waals surface area contributed by atoms with Crippen LogP contribution in [0.5, 0.6) is 5.75 Å². The molecule has 37 heavy (non-hydrogen) atoms. The van der Waals surface area contributed by atoms with Crippen molar-refractivity contribution in [3.8, 4) is 5.75 Å². The molecule has 0 unspecified atom stereocenters. The molecule has 12 nitrogen and oxygen atoms in total. The molecule has 2 bridgehead atoms. The van der Waals surface area contributed by atoms with Crippen molar-refractivity contribution in [1.82, 2.24) is 5.01 Å². The fourth-order valence-electron chi connectivity index (χ4n) is 5.01. The number of nitro groups is 2. The lowest BCUT2D eigenvalue weighted by atomic mass is 9.85. The van der Waals surface area contributed by atoms with Crippen LogP contribution in [0.4, 0.5) is 11.4 Å². The Morgan fingerprint density at radius 3 is 2.27 bits per heavy atom. The summed E-state index contributed by atoms with van der Waals surface area (Å²) >= 11 is 0. The number of non-ortho nitro benzene ring substituents is 2. The fourth-order valence-corrected chi connectivity index (χ4v) is 5.01. The van der Waals surface area contributed by atoms with Crippen molar-refractivity contribution >= 4 is 41.4 Å². The predicted octanol–water partition coefficient (Wildman–Crippen LogP) is 3.26. The fraction of sp³-hybridized carbons (Fsp3) is 0.200. The van der Waals surface area contributed by atoms with Crippen molar-refractivity contribution in [3.63, 3.8) is 0 Å². The van der Waals surface area contributed by atoms with Crippen LogP contribution in [0.25, 0.3) is 6.08 Å². The smallest absolute Gasteiger partial charge is 0.336 e. The number of esters is 1. The second-order valence-electron chi connectivity index (χ2n) is 8.82. The Balaban J connectivity index is 1.36. The number of nitrogens with zero attached hydrogens (tertiary/aromatic N) is 4. The van der Waals surface area contributed by atoms with Crippen LogP contribution in [0.2, 0.25) is 0 Å². The summed E-state index contributed by atoms with van der Waals surface area (Å²) in [5, 5.41) is 27.0. The molecule has 186 valence electrons. The van der Waals surface area contributed by atoms with Gasteiger partial charge in [0.25, 0.3) is 23.2 Å². The Hall–Kier alpha value is -5.00. The Labute approximate surface area is 208 Å². The molecule has 2 fully saturated rings. The Kier molecular flexibility index (Phi) is 5.91. The number of ether oxygens (including phenoxy) is 1. The van der Waals surface area contributed by atoms with Gasteiger partial charge in [-0.2, -0.15) is 10.1 Å². The molecular weight excluding hydrogens is 484 g/mol. The summed E-state index contributed by atoms with van der Waals surface area (Å²) < 4.78 is 5.30. The maximum absolute atomic E-state index is 12.8. The number of hydrazone groups is 1. The number of allylic oxidation sites excluding steroid dienone is 2. The molecule has 2 aliphatic carbocycles. The number of imide groups is 1. The van der Waals surface area contributed by atoms with E-state index in [0.29, 0.717) is 5.56 Å². The van der Waals surface area contributed by atoms with E-state index in [4.69, 9.17) is 4.74 Å². The van der Waals surface area contributed by atoms with Crippen LogP contribution in [0.1, 0.15) is 17.5 Å². The van der Waals surface area contributed by atoms with E-state index in [-0.39, 0.29) is 34.5 Å². The summed E-state index contributed by atoms with van der Waals surface area (Å²) in [6.45, 7) is 0. The summed E-state index contributed by atoms with van der Waals surface area (Å²) in [5.41, 5.74) is -0.0725. The monoisotopic (exact) mass is 502 g/mol. The zero-order valence-corrected chi connectivity index (χ0v) is 19.0. The molecule has 0 N–H and O–H groups in total. The van der Waals surface area contributed by atoms with Crippen LogP contribution >= 0.6 is 0 Å². The van der Waals surface area contributed by atoms with Crippen molar-refractivity contribution in [3.05, 3.63) is 92.0 Å². The minimum atomic E-state index is -0.861. The minimum Gasteiger partial charge on any atom is -0.423 e. The number of fused-ring (bicyclic) bond motifs is 5. The molecule has 12 heteroatoms. The summed E-state index contributed by atoms with van der Waals surface area (Å²) in [4.78, 5) is 59.1.